The van der Waals surface area contributed by atoms with Crippen LogP contribution in [0.25, 0.3) is 11.1 Å². The minimum Gasteiger partial charge on any atom is -0.507 e. The number of benzene rings is 2. The van der Waals surface area contributed by atoms with Gasteiger partial charge in [-0.2, -0.15) is 0 Å². The van der Waals surface area contributed by atoms with Gasteiger partial charge in [0.15, 0.2) is 0 Å². The molecule has 0 saturated heterocycles. The molecular formula is C38H50O2. The summed E-state index contributed by atoms with van der Waals surface area (Å²) in [6, 6.07) is 8.46. The van der Waals surface area contributed by atoms with Gasteiger partial charge in [0.1, 0.15) is 11.5 Å². The molecule has 214 valence electrons. The summed E-state index contributed by atoms with van der Waals surface area (Å²) in [5.41, 5.74) is 8.36. The topological polar surface area (TPSA) is 40.5 Å². The molecule has 4 atom stereocenters. The highest BCUT2D eigenvalue weighted by Crippen LogP contribution is 2.50. The minimum atomic E-state index is 0.143. The van der Waals surface area contributed by atoms with Gasteiger partial charge in [-0.3, -0.25) is 0 Å². The number of hydrogen-bond acceptors (Lipinski definition) is 2. The highest BCUT2D eigenvalue weighted by molar-refractivity contribution is 5.80. The SMILES string of the molecule is C=CCc1cc(-c2cc(CC=C)cc([C@@H]3C=C(C)CCC3C(C)C)c2O)c(O)c(C2C=C(C)CC[C@H]2C(C)C)c1. The Morgan fingerprint density at radius 1 is 0.700 bits per heavy atom. The molecule has 0 aromatic heterocycles. The molecule has 0 aliphatic heterocycles. The second-order valence-corrected chi connectivity index (χ2v) is 13.1. The van der Waals surface area contributed by atoms with Crippen LogP contribution in [0.5, 0.6) is 11.5 Å². The Bertz CT molecular complexity index is 1200. The molecule has 0 fully saturated rings. The zero-order valence-corrected chi connectivity index (χ0v) is 25.6. The zero-order valence-electron chi connectivity index (χ0n) is 25.6. The third-order valence-electron chi connectivity index (χ3n) is 9.47. The van der Waals surface area contributed by atoms with Crippen LogP contribution >= 0.6 is 0 Å². The lowest BCUT2D eigenvalue weighted by Gasteiger charge is -2.35. The first-order chi connectivity index (χ1) is 19.0. The van der Waals surface area contributed by atoms with E-state index in [0.29, 0.717) is 48.0 Å². The molecule has 2 nitrogen and oxygen atoms in total. The van der Waals surface area contributed by atoms with Crippen molar-refractivity contribution >= 4 is 0 Å². The lowest BCUT2D eigenvalue weighted by atomic mass is 9.70. The number of hydrogen-bond donors (Lipinski definition) is 2. The van der Waals surface area contributed by atoms with Crippen LogP contribution in [0.15, 0.2) is 72.9 Å². The first kappa shape index (κ1) is 30.0. The average molecular weight is 539 g/mol. The Labute approximate surface area is 243 Å². The van der Waals surface area contributed by atoms with Crippen molar-refractivity contribution in [2.45, 2.75) is 91.9 Å². The largest absolute Gasteiger partial charge is 0.507 e. The van der Waals surface area contributed by atoms with Crippen LogP contribution in [0.1, 0.15) is 101 Å². The predicted molar refractivity (Wildman–Crippen MR) is 171 cm³/mol. The van der Waals surface area contributed by atoms with Gasteiger partial charge in [0.25, 0.3) is 0 Å². The maximum absolute atomic E-state index is 12.0. The summed E-state index contributed by atoms with van der Waals surface area (Å²) < 4.78 is 0. The fraction of sp³-hybridized carbons (Fsp3) is 0.474. The maximum Gasteiger partial charge on any atom is 0.127 e. The molecule has 2 aromatic rings. The van der Waals surface area contributed by atoms with Gasteiger partial charge < -0.3 is 10.2 Å². The molecule has 0 spiro atoms. The molecule has 0 radical (unpaired) electrons. The van der Waals surface area contributed by atoms with E-state index in [1.165, 1.54) is 11.1 Å². The van der Waals surface area contributed by atoms with Crippen molar-refractivity contribution in [3.63, 3.8) is 0 Å². The lowest BCUT2D eigenvalue weighted by molar-refractivity contribution is 0.309. The van der Waals surface area contributed by atoms with Crippen molar-refractivity contribution in [1.29, 1.82) is 0 Å². The van der Waals surface area contributed by atoms with Crippen LogP contribution in [0.3, 0.4) is 0 Å². The summed E-state index contributed by atoms with van der Waals surface area (Å²) in [5.74, 6) is 2.80. The summed E-state index contributed by atoms with van der Waals surface area (Å²) in [7, 11) is 0. The molecular weight excluding hydrogens is 488 g/mol. The number of phenolic OH excluding ortho intramolecular Hbond substituents is 2. The molecule has 4 rings (SSSR count). The molecule has 2 N–H and O–H groups in total. The molecule has 40 heavy (non-hydrogen) atoms. The van der Waals surface area contributed by atoms with E-state index in [-0.39, 0.29) is 11.8 Å². The second-order valence-electron chi connectivity index (χ2n) is 13.1. The van der Waals surface area contributed by atoms with E-state index < -0.39 is 0 Å². The van der Waals surface area contributed by atoms with E-state index in [4.69, 9.17) is 0 Å². The highest BCUT2D eigenvalue weighted by atomic mass is 16.3. The fourth-order valence-corrected chi connectivity index (χ4v) is 7.24. The Morgan fingerprint density at radius 2 is 1.07 bits per heavy atom. The van der Waals surface area contributed by atoms with Crippen LogP contribution in [0.2, 0.25) is 0 Å². The Morgan fingerprint density at radius 3 is 1.40 bits per heavy atom. The number of phenols is 2. The van der Waals surface area contributed by atoms with Crippen molar-refractivity contribution in [3.05, 3.63) is 95.1 Å². The Kier molecular flexibility index (Phi) is 9.49. The number of aromatic hydroxyl groups is 2. The quantitative estimate of drug-likeness (QED) is 0.312. The first-order valence-corrected chi connectivity index (χ1v) is 15.3. The summed E-state index contributed by atoms with van der Waals surface area (Å²) in [6.45, 7) is 21.6. The first-order valence-electron chi connectivity index (χ1n) is 15.3. The van der Waals surface area contributed by atoms with Gasteiger partial charge in [0.05, 0.1) is 0 Å². The van der Waals surface area contributed by atoms with Gasteiger partial charge >= 0.3 is 0 Å². The van der Waals surface area contributed by atoms with Crippen molar-refractivity contribution in [1.82, 2.24) is 0 Å². The second kappa shape index (κ2) is 12.7. The minimum absolute atomic E-state index is 0.143. The molecule has 0 saturated carbocycles. The smallest absolute Gasteiger partial charge is 0.127 e. The third kappa shape index (κ3) is 6.17. The van der Waals surface area contributed by atoms with Crippen LogP contribution in [-0.4, -0.2) is 10.2 Å². The van der Waals surface area contributed by atoms with Gasteiger partial charge in [0.2, 0.25) is 0 Å². The van der Waals surface area contributed by atoms with Gasteiger partial charge in [-0.05, 0) is 99.3 Å². The molecule has 0 amide bonds. The van der Waals surface area contributed by atoms with Crippen LogP contribution in [0, 0.1) is 23.7 Å². The van der Waals surface area contributed by atoms with Crippen LogP contribution in [-0.2, 0) is 12.8 Å². The number of allylic oxidation sites excluding steroid dienone is 6. The normalized spacial score (nSPS) is 23.2. The molecule has 2 heteroatoms. The summed E-state index contributed by atoms with van der Waals surface area (Å²) in [4.78, 5) is 0. The lowest BCUT2D eigenvalue weighted by Crippen LogP contribution is -2.21. The van der Waals surface area contributed by atoms with Gasteiger partial charge in [-0.15, -0.1) is 13.2 Å². The van der Waals surface area contributed by atoms with Crippen LogP contribution < -0.4 is 0 Å². The predicted octanol–water partition coefficient (Wildman–Crippen LogP) is 10.4. The molecule has 2 aliphatic carbocycles. The summed E-state index contributed by atoms with van der Waals surface area (Å²) in [5, 5.41) is 24.0. The van der Waals surface area contributed by atoms with Crippen molar-refractivity contribution < 1.29 is 10.2 Å². The van der Waals surface area contributed by atoms with Gasteiger partial charge in [0, 0.05) is 34.1 Å². The highest BCUT2D eigenvalue weighted by Gasteiger charge is 2.33. The van der Waals surface area contributed by atoms with E-state index in [1.54, 1.807) is 0 Å². The van der Waals surface area contributed by atoms with E-state index in [2.05, 4.69) is 91.1 Å². The monoisotopic (exact) mass is 538 g/mol. The van der Waals surface area contributed by atoms with E-state index in [9.17, 15) is 10.2 Å². The standard InChI is InChI=1S/C38H50O2/c1-9-11-27-19-33(31-17-25(7)13-15-29(31)23(3)4)37(39)35(21-27)36-22-28(12-10-2)20-34(38(36)40)32-18-26(8)14-16-30(32)24(5)6/h9-10,17-24,29-32,39-40H,1-2,11-16H2,3-8H3/t29-,30?,31?,32+/m0/s1. The molecule has 0 bridgehead atoms. The van der Waals surface area contributed by atoms with Crippen LogP contribution in [0.4, 0.5) is 0 Å². The number of rotatable bonds is 9. The van der Waals surface area contributed by atoms with E-state index in [0.717, 1.165) is 59.1 Å². The van der Waals surface area contributed by atoms with E-state index >= 15 is 0 Å². The van der Waals surface area contributed by atoms with Crippen molar-refractivity contribution in [2.24, 2.45) is 23.7 Å². The van der Waals surface area contributed by atoms with Crippen molar-refractivity contribution in [3.8, 4) is 22.6 Å². The fourth-order valence-electron chi connectivity index (χ4n) is 7.24. The maximum atomic E-state index is 12.0. The summed E-state index contributed by atoms with van der Waals surface area (Å²) >= 11 is 0. The third-order valence-corrected chi connectivity index (χ3v) is 9.47. The average Bonchev–Trinajstić information content (AvgIpc) is 2.90. The molecule has 0 heterocycles. The zero-order chi connectivity index (χ0) is 29.1. The molecule has 2 aromatic carbocycles. The van der Waals surface area contributed by atoms with E-state index in [1.807, 2.05) is 12.2 Å². The Hall–Kier alpha value is -3.00. The summed E-state index contributed by atoms with van der Waals surface area (Å²) in [6.07, 6.45) is 14.5. The van der Waals surface area contributed by atoms with Gasteiger partial charge in [-0.25, -0.2) is 0 Å². The van der Waals surface area contributed by atoms with Gasteiger partial charge in [-0.1, -0.05) is 75.3 Å². The van der Waals surface area contributed by atoms with Crippen molar-refractivity contribution in [2.75, 3.05) is 0 Å². The molecule has 2 unspecified atom stereocenters. The molecule has 2 aliphatic rings. The Balaban J connectivity index is 1.98.